The number of fused-ring (bicyclic) bond motifs is 1. The van der Waals surface area contributed by atoms with Gasteiger partial charge in [-0.25, -0.2) is 4.98 Å². The summed E-state index contributed by atoms with van der Waals surface area (Å²) in [6.07, 6.45) is 3.98. The quantitative estimate of drug-likeness (QED) is 0.683. The van der Waals surface area contributed by atoms with E-state index in [1.165, 1.54) is 18.6 Å². The summed E-state index contributed by atoms with van der Waals surface area (Å²) < 4.78 is 0. The lowest BCUT2D eigenvalue weighted by Crippen LogP contribution is -2.44. The molecule has 1 aromatic carbocycles. The highest BCUT2D eigenvalue weighted by Crippen LogP contribution is 2.22. The predicted molar refractivity (Wildman–Crippen MR) is 80.5 cm³/mol. The van der Waals surface area contributed by atoms with Gasteiger partial charge < -0.3 is 10.2 Å². The van der Waals surface area contributed by atoms with Crippen LogP contribution in [-0.2, 0) is 0 Å². The molecule has 21 heavy (non-hydrogen) atoms. The molecule has 2 aromatic rings. The number of nitro benzene ring substituents is 1. The van der Waals surface area contributed by atoms with Gasteiger partial charge in [0, 0.05) is 31.3 Å². The highest BCUT2D eigenvalue weighted by Gasteiger charge is 2.20. The van der Waals surface area contributed by atoms with Crippen LogP contribution in [0.5, 0.6) is 0 Å². The molecule has 0 saturated carbocycles. The number of anilines is 1. The minimum absolute atomic E-state index is 0.0396. The molecule has 7 heteroatoms. The Balaban J connectivity index is 1.90. The predicted octanol–water partition coefficient (Wildman–Crippen LogP) is 1.73. The van der Waals surface area contributed by atoms with Gasteiger partial charge in [0.2, 0.25) is 0 Å². The Labute approximate surface area is 122 Å². The number of aromatic nitrogens is 2. The van der Waals surface area contributed by atoms with Gasteiger partial charge in [0.25, 0.3) is 5.69 Å². The normalized spacial score (nSPS) is 18.9. The minimum Gasteiger partial charge on any atom is -0.354 e. The summed E-state index contributed by atoms with van der Waals surface area (Å²) in [6.45, 7) is 1.87. The van der Waals surface area contributed by atoms with Crippen LogP contribution in [0.3, 0.4) is 0 Å². The number of non-ortho nitro benzene ring substituents is 1. The Morgan fingerprint density at radius 1 is 1.43 bits per heavy atom. The highest BCUT2D eigenvalue weighted by atomic mass is 16.6. The van der Waals surface area contributed by atoms with Crippen molar-refractivity contribution in [3.63, 3.8) is 0 Å². The molecule has 1 N–H and O–H groups in total. The molecule has 1 fully saturated rings. The van der Waals surface area contributed by atoms with Crippen molar-refractivity contribution in [2.24, 2.45) is 0 Å². The Bertz CT molecular complexity index is 675. The molecule has 0 aliphatic carbocycles. The van der Waals surface area contributed by atoms with Crippen LogP contribution in [0.1, 0.15) is 12.8 Å². The third kappa shape index (κ3) is 2.78. The van der Waals surface area contributed by atoms with Crippen LogP contribution in [0, 0.1) is 10.1 Å². The van der Waals surface area contributed by atoms with Gasteiger partial charge in [-0.15, -0.1) is 0 Å². The second kappa shape index (κ2) is 5.61. The number of benzene rings is 1. The Morgan fingerprint density at radius 3 is 3.05 bits per heavy atom. The summed E-state index contributed by atoms with van der Waals surface area (Å²) in [5.41, 5.74) is 1.28. The summed E-state index contributed by atoms with van der Waals surface area (Å²) in [5, 5.41) is 14.1. The SMILES string of the molecule is CN[C@H]1CCCN(c2cnc3cc([N+](=O)[O-])ccc3n2)C1. The summed E-state index contributed by atoms with van der Waals surface area (Å²) >= 11 is 0. The van der Waals surface area contributed by atoms with Crippen LogP contribution >= 0.6 is 0 Å². The fourth-order valence-electron chi connectivity index (χ4n) is 2.68. The fourth-order valence-corrected chi connectivity index (χ4v) is 2.68. The standard InChI is InChI=1S/C14H17N5O2/c1-15-10-3-2-6-18(9-10)14-8-16-13-7-11(19(20)21)4-5-12(13)17-14/h4-5,7-8,10,15H,2-3,6,9H2,1H3/t10-/m0/s1. The molecule has 1 atom stereocenters. The Hall–Kier alpha value is -2.28. The molecule has 2 heterocycles. The number of hydrogen-bond donors (Lipinski definition) is 1. The lowest BCUT2D eigenvalue weighted by atomic mass is 10.1. The molecule has 7 nitrogen and oxygen atoms in total. The maximum Gasteiger partial charge on any atom is 0.271 e. The molecule has 1 aliphatic heterocycles. The molecule has 0 unspecified atom stereocenters. The van der Waals surface area contributed by atoms with Crippen molar-refractivity contribution in [3.05, 3.63) is 34.5 Å². The van der Waals surface area contributed by atoms with Crippen molar-refractivity contribution in [1.29, 1.82) is 0 Å². The summed E-state index contributed by atoms with van der Waals surface area (Å²) in [6, 6.07) is 5.04. The first-order valence-electron chi connectivity index (χ1n) is 7.01. The third-order valence-corrected chi connectivity index (χ3v) is 3.88. The first-order chi connectivity index (χ1) is 10.2. The van der Waals surface area contributed by atoms with Crippen molar-refractivity contribution in [1.82, 2.24) is 15.3 Å². The number of nitro groups is 1. The first-order valence-corrected chi connectivity index (χ1v) is 7.01. The monoisotopic (exact) mass is 287 g/mol. The van der Waals surface area contributed by atoms with E-state index in [1.807, 2.05) is 7.05 Å². The van der Waals surface area contributed by atoms with Gasteiger partial charge in [0.1, 0.15) is 5.82 Å². The second-order valence-electron chi connectivity index (χ2n) is 5.23. The molecule has 1 aromatic heterocycles. The van der Waals surface area contributed by atoms with Crippen molar-refractivity contribution < 1.29 is 4.92 Å². The second-order valence-corrected chi connectivity index (χ2v) is 5.23. The molecular weight excluding hydrogens is 270 g/mol. The molecule has 110 valence electrons. The molecular formula is C14H17N5O2. The van der Waals surface area contributed by atoms with E-state index >= 15 is 0 Å². The summed E-state index contributed by atoms with van der Waals surface area (Å²) in [7, 11) is 1.97. The van der Waals surface area contributed by atoms with Crippen molar-refractivity contribution in [2.75, 3.05) is 25.0 Å². The molecule has 1 saturated heterocycles. The van der Waals surface area contributed by atoms with Gasteiger partial charge in [0.15, 0.2) is 0 Å². The zero-order chi connectivity index (χ0) is 14.8. The van der Waals surface area contributed by atoms with Gasteiger partial charge in [0.05, 0.1) is 22.2 Å². The van der Waals surface area contributed by atoms with E-state index in [0.29, 0.717) is 17.1 Å². The average molecular weight is 287 g/mol. The van der Waals surface area contributed by atoms with E-state index in [0.717, 1.165) is 25.3 Å². The first kappa shape index (κ1) is 13.7. The number of nitrogens with zero attached hydrogens (tertiary/aromatic N) is 4. The molecule has 3 rings (SSSR count). The summed E-state index contributed by atoms with van der Waals surface area (Å²) in [4.78, 5) is 21.5. The van der Waals surface area contributed by atoms with Gasteiger partial charge in [-0.1, -0.05) is 0 Å². The topological polar surface area (TPSA) is 84.2 Å². The number of hydrogen-bond acceptors (Lipinski definition) is 6. The largest absolute Gasteiger partial charge is 0.354 e. The third-order valence-electron chi connectivity index (χ3n) is 3.88. The Morgan fingerprint density at radius 2 is 2.29 bits per heavy atom. The van der Waals surface area contributed by atoms with Gasteiger partial charge >= 0.3 is 0 Å². The number of piperidine rings is 1. The van der Waals surface area contributed by atoms with Gasteiger partial charge in [-0.3, -0.25) is 15.1 Å². The van der Waals surface area contributed by atoms with Crippen LogP contribution in [0.4, 0.5) is 11.5 Å². The molecule has 0 spiro atoms. The van der Waals surface area contributed by atoms with E-state index in [4.69, 9.17) is 0 Å². The molecule has 0 amide bonds. The van der Waals surface area contributed by atoms with Crippen molar-refractivity contribution in [2.45, 2.75) is 18.9 Å². The van der Waals surface area contributed by atoms with Crippen molar-refractivity contribution in [3.8, 4) is 0 Å². The lowest BCUT2D eigenvalue weighted by Gasteiger charge is -2.33. The molecule has 1 aliphatic rings. The van der Waals surface area contributed by atoms with Crippen LogP contribution in [-0.4, -0.2) is 41.1 Å². The van der Waals surface area contributed by atoms with Crippen LogP contribution < -0.4 is 10.2 Å². The van der Waals surface area contributed by atoms with Crippen molar-refractivity contribution >= 4 is 22.5 Å². The Kier molecular flexibility index (Phi) is 3.66. The zero-order valence-electron chi connectivity index (χ0n) is 11.8. The van der Waals surface area contributed by atoms with E-state index in [9.17, 15) is 10.1 Å². The number of likely N-dealkylation sites (N-methyl/N-ethyl adjacent to an activating group) is 1. The van der Waals surface area contributed by atoms with E-state index in [1.54, 1.807) is 12.3 Å². The van der Waals surface area contributed by atoms with Crippen LogP contribution in [0.2, 0.25) is 0 Å². The van der Waals surface area contributed by atoms with Crippen LogP contribution in [0.25, 0.3) is 11.0 Å². The number of nitrogens with one attached hydrogen (secondary N) is 1. The average Bonchev–Trinajstić information content (AvgIpc) is 2.53. The zero-order valence-corrected chi connectivity index (χ0v) is 11.8. The van der Waals surface area contributed by atoms with Gasteiger partial charge in [-0.05, 0) is 26.0 Å². The lowest BCUT2D eigenvalue weighted by molar-refractivity contribution is -0.384. The smallest absolute Gasteiger partial charge is 0.271 e. The van der Waals surface area contributed by atoms with E-state index in [-0.39, 0.29) is 5.69 Å². The fraction of sp³-hybridized carbons (Fsp3) is 0.429. The van der Waals surface area contributed by atoms with E-state index in [2.05, 4.69) is 20.2 Å². The van der Waals surface area contributed by atoms with E-state index < -0.39 is 4.92 Å². The van der Waals surface area contributed by atoms with Gasteiger partial charge in [-0.2, -0.15) is 0 Å². The van der Waals surface area contributed by atoms with Crippen LogP contribution in [0.15, 0.2) is 24.4 Å². The maximum atomic E-state index is 10.8. The maximum absolute atomic E-state index is 10.8. The number of rotatable bonds is 3. The molecule has 0 bridgehead atoms. The highest BCUT2D eigenvalue weighted by molar-refractivity contribution is 5.78. The molecule has 0 radical (unpaired) electrons. The minimum atomic E-state index is -0.419. The summed E-state index contributed by atoms with van der Waals surface area (Å²) in [5.74, 6) is 0.830.